The van der Waals surface area contributed by atoms with Gasteiger partial charge in [0.1, 0.15) is 12.1 Å². The van der Waals surface area contributed by atoms with Crippen LogP contribution in [0.15, 0.2) is 36.5 Å². The number of nitrogens with two attached hydrogens (primary N) is 1. The van der Waals surface area contributed by atoms with Gasteiger partial charge >= 0.3 is 11.9 Å². The minimum absolute atomic E-state index is 0.0957. The molecule has 7 nitrogen and oxygen atoms in total. The van der Waals surface area contributed by atoms with Crippen LogP contribution in [0.2, 0.25) is 0 Å². The average molecular weight is 717 g/mol. The number of carbonyl (C=O) groups excluding carboxylic acids is 2. The third-order valence-corrected chi connectivity index (χ3v) is 9.41. The van der Waals surface area contributed by atoms with Gasteiger partial charge in [-0.15, -0.1) is 0 Å². The van der Waals surface area contributed by atoms with Gasteiger partial charge in [-0.1, -0.05) is 141 Å². The number of carboxylic acid groups (broad SMARTS) is 1. The third kappa shape index (κ3) is 35.8. The molecule has 0 saturated heterocycles. The fourth-order valence-electron chi connectivity index (χ4n) is 6.15. The van der Waals surface area contributed by atoms with Crippen molar-refractivity contribution >= 4 is 17.8 Å². The SMILES string of the molecule is CCCCCC/C=C\C/C=C\CCCCCCCCCC(=O)OC(/C=C\CCCCCCCC)CCCCCCC(=O)NC(CCCN)C(=O)O. The Morgan fingerprint density at radius 3 is 1.65 bits per heavy atom. The highest BCUT2D eigenvalue weighted by molar-refractivity contribution is 5.83. The molecule has 4 N–H and O–H groups in total. The number of nitrogens with one attached hydrogen (secondary N) is 1. The van der Waals surface area contributed by atoms with E-state index >= 15 is 0 Å². The largest absolute Gasteiger partial charge is 0.480 e. The lowest BCUT2D eigenvalue weighted by atomic mass is 10.1. The Morgan fingerprint density at radius 2 is 1.08 bits per heavy atom. The van der Waals surface area contributed by atoms with E-state index in [4.69, 9.17) is 10.5 Å². The molecule has 7 heteroatoms. The van der Waals surface area contributed by atoms with Crippen LogP contribution < -0.4 is 11.1 Å². The molecule has 0 bridgehead atoms. The van der Waals surface area contributed by atoms with Crippen LogP contribution in [-0.4, -0.2) is 41.6 Å². The maximum Gasteiger partial charge on any atom is 0.326 e. The van der Waals surface area contributed by atoms with Gasteiger partial charge in [-0.25, -0.2) is 4.79 Å². The number of aliphatic carboxylic acids is 1. The number of ether oxygens (including phenoxy) is 1. The molecular weight excluding hydrogens is 636 g/mol. The Hall–Kier alpha value is -2.41. The number of allylic oxidation sites excluding steroid dienone is 5. The maximum atomic E-state index is 12.7. The van der Waals surface area contributed by atoms with Crippen molar-refractivity contribution in [2.75, 3.05) is 6.54 Å². The van der Waals surface area contributed by atoms with E-state index in [0.717, 1.165) is 51.4 Å². The average Bonchev–Trinajstić information content (AvgIpc) is 3.11. The Bertz CT molecular complexity index is 900. The summed E-state index contributed by atoms with van der Waals surface area (Å²) in [5, 5.41) is 11.9. The van der Waals surface area contributed by atoms with E-state index < -0.39 is 12.0 Å². The Balaban J connectivity index is 4.25. The molecule has 2 atom stereocenters. The van der Waals surface area contributed by atoms with Crippen molar-refractivity contribution in [1.82, 2.24) is 5.32 Å². The summed E-state index contributed by atoms with van der Waals surface area (Å²) < 4.78 is 5.92. The van der Waals surface area contributed by atoms with E-state index in [1.807, 2.05) is 0 Å². The van der Waals surface area contributed by atoms with Crippen LogP contribution >= 0.6 is 0 Å². The van der Waals surface area contributed by atoms with E-state index in [0.29, 0.717) is 38.6 Å². The number of esters is 1. The van der Waals surface area contributed by atoms with Crippen LogP contribution in [0.4, 0.5) is 0 Å². The number of unbranched alkanes of at least 4 members (excludes halogenated alkanes) is 20. The van der Waals surface area contributed by atoms with Crippen LogP contribution in [-0.2, 0) is 19.1 Å². The lowest BCUT2D eigenvalue weighted by Crippen LogP contribution is -2.40. The van der Waals surface area contributed by atoms with Crippen LogP contribution in [0, 0.1) is 0 Å². The van der Waals surface area contributed by atoms with Crippen molar-refractivity contribution in [1.29, 1.82) is 0 Å². The predicted molar refractivity (Wildman–Crippen MR) is 216 cm³/mol. The normalized spacial score (nSPS) is 13.0. The number of carboxylic acids is 1. The van der Waals surface area contributed by atoms with Gasteiger partial charge < -0.3 is 20.9 Å². The fraction of sp³-hybridized carbons (Fsp3) is 0.795. The zero-order valence-electron chi connectivity index (χ0n) is 33.2. The van der Waals surface area contributed by atoms with Gasteiger partial charge in [0.2, 0.25) is 5.91 Å². The second kappa shape index (κ2) is 38.8. The van der Waals surface area contributed by atoms with Crippen molar-refractivity contribution in [3.63, 3.8) is 0 Å². The molecule has 2 unspecified atom stereocenters. The van der Waals surface area contributed by atoms with Crippen molar-refractivity contribution in [2.45, 2.75) is 219 Å². The summed E-state index contributed by atoms with van der Waals surface area (Å²) in [5.74, 6) is -1.33. The van der Waals surface area contributed by atoms with E-state index in [9.17, 15) is 19.5 Å². The zero-order chi connectivity index (χ0) is 37.5. The van der Waals surface area contributed by atoms with Gasteiger partial charge in [-0.3, -0.25) is 9.59 Å². The number of hydrogen-bond acceptors (Lipinski definition) is 5. The molecular formula is C44H80N2O5. The molecule has 0 spiro atoms. The summed E-state index contributed by atoms with van der Waals surface area (Å²) in [6, 6.07) is -0.871. The molecule has 0 heterocycles. The first-order valence-corrected chi connectivity index (χ1v) is 21.3. The molecule has 0 aromatic rings. The summed E-state index contributed by atoms with van der Waals surface area (Å²) in [6.07, 6.45) is 44.9. The van der Waals surface area contributed by atoms with Gasteiger partial charge in [0.15, 0.2) is 0 Å². The van der Waals surface area contributed by atoms with Crippen molar-refractivity contribution < 1.29 is 24.2 Å². The molecule has 0 radical (unpaired) electrons. The lowest BCUT2D eigenvalue weighted by molar-refractivity contribution is -0.147. The summed E-state index contributed by atoms with van der Waals surface area (Å²) in [7, 11) is 0. The summed E-state index contributed by atoms with van der Waals surface area (Å²) in [5.41, 5.74) is 5.48. The van der Waals surface area contributed by atoms with Crippen LogP contribution in [0.3, 0.4) is 0 Å². The van der Waals surface area contributed by atoms with Gasteiger partial charge in [-0.05, 0) is 96.1 Å². The summed E-state index contributed by atoms with van der Waals surface area (Å²) in [4.78, 5) is 36.3. The van der Waals surface area contributed by atoms with E-state index in [1.165, 1.54) is 109 Å². The molecule has 0 aliphatic rings. The first-order chi connectivity index (χ1) is 24.9. The summed E-state index contributed by atoms with van der Waals surface area (Å²) >= 11 is 0. The maximum absolute atomic E-state index is 12.7. The molecule has 0 rings (SSSR count). The molecule has 0 aromatic heterocycles. The number of carbonyl (C=O) groups is 3. The van der Waals surface area contributed by atoms with Crippen molar-refractivity contribution in [2.24, 2.45) is 5.73 Å². The Morgan fingerprint density at radius 1 is 0.588 bits per heavy atom. The molecule has 0 aromatic carbocycles. The molecule has 0 fully saturated rings. The lowest BCUT2D eigenvalue weighted by Gasteiger charge is -2.15. The second-order valence-corrected chi connectivity index (χ2v) is 14.4. The standard InChI is InChI=1S/C44H80N2O5/c1-3-5-7-9-11-13-14-15-16-17-18-19-20-21-22-24-26-32-38-43(48)51-40(34-29-25-23-12-10-8-6-4-2)35-30-27-28-31-37-42(47)46-41(44(49)50)36-33-39-45/h13-14,16-17,29,34,40-41H,3-12,15,18-28,30-33,35-39,45H2,1-2H3,(H,46,47)(H,49,50)/b14-13-,17-16-,34-29-. The van der Waals surface area contributed by atoms with Crippen LogP contribution in [0.1, 0.15) is 206 Å². The third-order valence-electron chi connectivity index (χ3n) is 9.41. The van der Waals surface area contributed by atoms with Gasteiger partial charge in [-0.2, -0.15) is 0 Å². The highest BCUT2D eigenvalue weighted by Gasteiger charge is 2.19. The minimum atomic E-state index is -1.02. The first-order valence-electron chi connectivity index (χ1n) is 21.3. The quantitative estimate of drug-likeness (QED) is 0.0332. The predicted octanol–water partition coefficient (Wildman–Crippen LogP) is 11.8. The van der Waals surface area contributed by atoms with Gasteiger partial charge in [0.25, 0.3) is 0 Å². The number of amides is 1. The topological polar surface area (TPSA) is 119 Å². The molecule has 0 aliphatic carbocycles. The second-order valence-electron chi connectivity index (χ2n) is 14.4. The number of hydrogen-bond donors (Lipinski definition) is 3. The van der Waals surface area contributed by atoms with Crippen molar-refractivity contribution in [3.05, 3.63) is 36.5 Å². The smallest absolute Gasteiger partial charge is 0.326 e. The fourth-order valence-corrected chi connectivity index (χ4v) is 6.15. The van der Waals surface area contributed by atoms with Crippen LogP contribution in [0.5, 0.6) is 0 Å². The van der Waals surface area contributed by atoms with E-state index in [1.54, 1.807) is 0 Å². The van der Waals surface area contributed by atoms with Crippen molar-refractivity contribution in [3.8, 4) is 0 Å². The first kappa shape index (κ1) is 48.6. The molecule has 296 valence electrons. The molecule has 0 aliphatic heterocycles. The molecule has 51 heavy (non-hydrogen) atoms. The van der Waals surface area contributed by atoms with E-state index in [2.05, 4.69) is 55.6 Å². The highest BCUT2D eigenvalue weighted by Crippen LogP contribution is 2.16. The minimum Gasteiger partial charge on any atom is -0.480 e. The van der Waals surface area contributed by atoms with Gasteiger partial charge in [0.05, 0.1) is 0 Å². The van der Waals surface area contributed by atoms with E-state index in [-0.39, 0.29) is 18.0 Å². The van der Waals surface area contributed by atoms with Crippen LogP contribution in [0.25, 0.3) is 0 Å². The zero-order valence-corrected chi connectivity index (χ0v) is 33.2. The number of rotatable bonds is 38. The Labute approximate surface area is 314 Å². The molecule has 1 amide bonds. The highest BCUT2D eigenvalue weighted by atomic mass is 16.5. The Kier molecular flexibility index (Phi) is 37.0. The van der Waals surface area contributed by atoms with Gasteiger partial charge in [0, 0.05) is 12.8 Å². The monoisotopic (exact) mass is 717 g/mol. The summed E-state index contributed by atoms with van der Waals surface area (Å²) in [6.45, 7) is 4.90. The molecule has 0 saturated carbocycles.